The van der Waals surface area contributed by atoms with E-state index in [0.717, 1.165) is 19.6 Å². The van der Waals surface area contributed by atoms with Gasteiger partial charge >= 0.3 is 0 Å². The fourth-order valence-corrected chi connectivity index (χ4v) is 3.82. The molecule has 2 amide bonds. The zero-order chi connectivity index (χ0) is 20.9. The molecule has 0 aliphatic carbocycles. The SMILES string of the molecule is O=C(CN1C(=O)COc2ccccc21)N1CCN(CCOc2ccccc2Cl)CC1. The summed E-state index contributed by atoms with van der Waals surface area (Å²) in [6, 6.07) is 14.7. The predicted octanol–water partition coefficient (Wildman–Crippen LogP) is 2.29. The van der Waals surface area contributed by atoms with Crippen molar-refractivity contribution in [1.29, 1.82) is 0 Å². The highest BCUT2D eigenvalue weighted by atomic mass is 35.5. The molecule has 8 heteroatoms. The Morgan fingerprint density at radius 2 is 1.77 bits per heavy atom. The molecule has 0 aromatic heterocycles. The molecule has 30 heavy (non-hydrogen) atoms. The van der Waals surface area contributed by atoms with E-state index < -0.39 is 0 Å². The smallest absolute Gasteiger partial charge is 0.265 e. The van der Waals surface area contributed by atoms with Gasteiger partial charge in [0.05, 0.1) is 10.7 Å². The number of halogens is 1. The monoisotopic (exact) mass is 429 g/mol. The molecule has 2 aromatic rings. The normalized spacial score (nSPS) is 16.8. The largest absolute Gasteiger partial charge is 0.491 e. The topological polar surface area (TPSA) is 62.3 Å². The lowest BCUT2D eigenvalue weighted by molar-refractivity contribution is -0.133. The van der Waals surface area contributed by atoms with Crippen molar-refractivity contribution in [1.82, 2.24) is 9.80 Å². The molecule has 1 fully saturated rings. The zero-order valence-electron chi connectivity index (χ0n) is 16.6. The molecule has 0 spiro atoms. The van der Waals surface area contributed by atoms with Crippen molar-refractivity contribution in [2.45, 2.75) is 0 Å². The molecule has 2 aromatic carbocycles. The van der Waals surface area contributed by atoms with Crippen molar-refractivity contribution in [3.05, 3.63) is 53.6 Å². The third kappa shape index (κ3) is 4.68. The summed E-state index contributed by atoms with van der Waals surface area (Å²) < 4.78 is 11.2. The summed E-state index contributed by atoms with van der Waals surface area (Å²) in [6.07, 6.45) is 0. The van der Waals surface area contributed by atoms with Gasteiger partial charge in [-0.2, -0.15) is 0 Å². The van der Waals surface area contributed by atoms with Gasteiger partial charge in [-0.3, -0.25) is 19.4 Å². The van der Waals surface area contributed by atoms with Crippen LogP contribution in [-0.4, -0.2) is 74.1 Å². The average molecular weight is 430 g/mol. The van der Waals surface area contributed by atoms with Gasteiger partial charge in [-0.05, 0) is 24.3 Å². The summed E-state index contributed by atoms with van der Waals surface area (Å²) in [5.74, 6) is 1.07. The van der Waals surface area contributed by atoms with E-state index in [1.807, 2.05) is 41.3 Å². The predicted molar refractivity (Wildman–Crippen MR) is 114 cm³/mol. The van der Waals surface area contributed by atoms with Crippen molar-refractivity contribution >= 4 is 29.1 Å². The Bertz CT molecular complexity index is 915. The first-order valence-electron chi connectivity index (χ1n) is 10.0. The van der Waals surface area contributed by atoms with Crippen LogP contribution in [0.4, 0.5) is 5.69 Å². The number of carbonyl (C=O) groups is 2. The molecule has 2 aliphatic heterocycles. The lowest BCUT2D eigenvalue weighted by Crippen LogP contribution is -2.53. The second-order valence-electron chi connectivity index (χ2n) is 7.24. The van der Waals surface area contributed by atoms with Crippen molar-refractivity contribution in [3.8, 4) is 11.5 Å². The molecule has 7 nitrogen and oxygen atoms in total. The maximum atomic E-state index is 12.8. The molecule has 1 saturated heterocycles. The number of anilines is 1. The van der Waals surface area contributed by atoms with E-state index in [-0.39, 0.29) is 25.0 Å². The van der Waals surface area contributed by atoms with Gasteiger partial charge in [-0.15, -0.1) is 0 Å². The first-order valence-corrected chi connectivity index (χ1v) is 10.4. The van der Waals surface area contributed by atoms with Gasteiger partial charge in [-0.25, -0.2) is 0 Å². The maximum Gasteiger partial charge on any atom is 0.265 e. The van der Waals surface area contributed by atoms with Crippen LogP contribution in [0, 0.1) is 0 Å². The highest BCUT2D eigenvalue weighted by molar-refractivity contribution is 6.32. The van der Waals surface area contributed by atoms with E-state index in [1.54, 1.807) is 12.1 Å². The number of amides is 2. The van der Waals surface area contributed by atoms with Gasteiger partial charge in [0.1, 0.15) is 24.7 Å². The summed E-state index contributed by atoms with van der Waals surface area (Å²) in [5.41, 5.74) is 0.650. The summed E-state index contributed by atoms with van der Waals surface area (Å²) in [7, 11) is 0. The van der Waals surface area contributed by atoms with Crippen LogP contribution in [0.25, 0.3) is 0 Å². The van der Waals surface area contributed by atoms with E-state index >= 15 is 0 Å². The van der Waals surface area contributed by atoms with E-state index in [1.165, 1.54) is 4.90 Å². The molecule has 0 N–H and O–H groups in total. The van der Waals surface area contributed by atoms with Crippen LogP contribution >= 0.6 is 11.6 Å². The van der Waals surface area contributed by atoms with Crippen molar-refractivity contribution in [2.24, 2.45) is 0 Å². The number of hydrogen-bond donors (Lipinski definition) is 0. The Kier molecular flexibility index (Phi) is 6.40. The number of piperazine rings is 1. The standard InChI is InChI=1S/C22H24ClN3O4/c23-17-5-1-3-7-19(17)29-14-13-24-9-11-25(12-10-24)21(27)15-26-18-6-2-4-8-20(18)30-16-22(26)28/h1-8H,9-16H2. The fourth-order valence-electron chi connectivity index (χ4n) is 3.63. The fraction of sp³-hybridized carbons (Fsp3) is 0.364. The Morgan fingerprint density at radius 1 is 1.03 bits per heavy atom. The van der Waals surface area contributed by atoms with Gasteiger partial charge in [0.2, 0.25) is 5.91 Å². The molecular formula is C22H24ClN3O4. The third-order valence-corrected chi connectivity index (χ3v) is 5.64. The summed E-state index contributed by atoms with van der Waals surface area (Å²) in [5, 5.41) is 0.604. The van der Waals surface area contributed by atoms with E-state index in [2.05, 4.69) is 4.90 Å². The molecule has 0 atom stereocenters. The number of ether oxygens (including phenoxy) is 2. The molecule has 2 aliphatic rings. The van der Waals surface area contributed by atoms with E-state index in [0.29, 0.717) is 41.9 Å². The van der Waals surface area contributed by atoms with Crippen LogP contribution in [-0.2, 0) is 9.59 Å². The molecule has 0 unspecified atom stereocenters. The quantitative estimate of drug-likeness (QED) is 0.705. The number of nitrogens with zero attached hydrogens (tertiary/aromatic N) is 3. The summed E-state index contributed by atoms with van der Waals surface area (Å²) in [6.45, 7) is 4.10. The second kappa shape index (κ2) is 9.36. The minimum Gasteiger partial charge on any atom is -0.491 e. The minimum atomic E-state index is -0.197. The molecule has 0 bridgehead atoms. The van der Waals surface area contributed by atoms with Crippen molar-refractivity contribution < 1.29 is 19.1 Å². The molecule has 158 valence electrons. The maximum absolute atomic E-state index is 12.8. The van der Waals surface area contributed by atoms with Crippen LogP contribution < -0.4 is 14.4 Å². The Morgan fingerprint density at radius 3 is 2.57 bits per heavy atom. The average Bonchev–Trinajstić information content (AvgIpc) is 2.77. The highest BCUT2D eigenvalue weighted by Crippen LogP contribution is 2.31. The molecule has 0 radical (unpaired) electrons. The number of carbonyl (C=O) groups excluding carboxylic acids is 2. The minimum absolute atomic E-state index is 0.0365. The molecule has 0 saturated carbocycles. The lowest BCUT2D eigenvalue weighted by Gasteiger charge is -2.36. The van der Waals surface area contributed by atoms with Crippen LogP contribution in [0.5, 0.6) is 11.5 Å². The van der Waals surface area contributed by atoms with Gasteiger partial charge in [0, 0.05) is 32.7 Å². The van der Waals surface area contributed by atoms with Crippen LogP contribution in [0.2, 0.25) is 5.02 Å². The summed E-state index contributed by atoms with van der Waals surface area (Å²) in [4.78, 5) is 30.7. The first kappa shape index (κ1) is 20.5. The number of benzene rings is 2. The second-order valence-corrected chi connectivity index (χ2v) is 7.64. The Balaban J connectivity index is 1.25. The van der Waals surface area contributed by atoms with E-state index in [4.69, 9.17) is 21.1 Å². The van der Waals surface area contributed by atoms with Gasteiger partial charge in [0.25, 0.3) is 5.91 Å². The first-order chi connectivity index (χ1) is 14.6. The number of hydrogen-bond acceptors (Lipinski definition) is 5. The zero-order valence-corrected chi connectivity index (χ0v) is 17.4. The number of para-hydroxylation sites is 3. The van der Waals surface area contributed by atoms with Crippen molar-refractivity contribution in [3.63, 3.8) is 0 Å². The van der Waals surface area contributed by atoms with Gasteiger partial charge < -0.3 is 14.4 Å². The van der Waals surface area contributed by atoms with Crippen LogP contribution in [0.1, 0.15) is 0 Å². The van der Waals surface area contributed by atoms with Gasteiger partial charge in [0.15, 0.2) is 6.61 Å². The number of rotatable bonds is 6. The molecule has 4 rings (SSSR count). The summed E-state index contributed by atoms with van der Waals surface area (Å²) >= 11 is 6.10. The van der Waals surface area contributed by atoms with Crippen LogP contribution in [0.3, 0.4) is 0 Å². The Hall–Kier alpha value is -2.77. The van der Waals surface area contributed by atoms with Gasteiger partial charge in [-0.1, -0.05) is 35.9 Å². The molecular weight excluding hydrogens is 406 g/mol. The van der Waals surface area contributed by atoms with Crippen LogP contribution in [0.15, 0.2) is 48.5 Å². The van der Waals surface area contributed by atoms with Crippen molar-refractivity contribution in [2.75, 3.05) is 57.4 Å². The molecule has 2 heterocycles. The third-order valence-electron chi connectivity index (χ3n) is 5.33. The number of fused-ring (bicyclic) bond motifs is 1. The Labute approximate surface area is 180 Å². The van der Waals surface area contributed by atoms with E-state index in [9.17, 15) is 9.59 Å². The lowest BCUT2D eigenvalue weighted by atomic mass is 10.2. The highest BCUT2D eigenvalue weighted by Gasteiger charge is 2.29.